The summed E-state index contributed by atoms with van der Waals surface area (Å²) in [6.07, 6.45) is 1.34. The van der Waals surface area contributed by atoms with Crippen molar-refractivity contribution in [2.24, 2.45) is 5.41 Å². The highest BCUT2D eigenvalue weighted by atomic mass is 19.4. The van der Waals surface area contributed by atoms with Crippen LogP contribution < -0.4 is 4.74 Å². The molecule has 0 radical (unpaired) electrons. The molecule has 0 spiro atoms. The van der Waals surface area contributed by atoms with Crippen molar-refractivity contribution >= 4 is 0 Å². The van der Waals surface area contributed by atoms with Gasteiger partial charge < -0.3 is 9.84 Å². The van der Waals surface area contributed by atoms with Crippen LogP contribution in [0, 0.1) is 12.3 Å². The van der Waals surface area contributed by atoms with Gasteiger partial charge in [0.1, 0.15) is 17.7 Å². The summed E-state index contributed by atoms with van der Waals surface area (Å²) < 4.78 is 41.2. The molecule has 8 heteroatoms. The van der Waals surface area contributed by atoms with Gasteiger partial charge in [0.25, 0.3) is 0 Å². The third-order valence-corrected chi connectivity index (χ3v) is 4.94. The minimum Gasteiger partial charge on any atom is -0.406 e. The first-order valence-electron chi connectivity index (χ1n) is 9.23. The first-order valence-corrected chi connectivity index (χ1v) is 9.23. The Kier molecular flexibility index (Phi) is 5.56. The quantitative estimate of drug-likeness (QED) is 0.645. The Hall–Kier alpha value is -3.00. The average molecular weight is 417 g/mol. The summed E-state index contributed by atoms with van der Waals surface area (Å²) in [5, 5.41) is 11.6. The Balaban J connectivity index is 1.98. The molecule has 3 rings (SSSR count). The second kappa shape index (κ2) is 7.68. The Bertz CT molecular complexity index is 1020. The number of ether oxygens (including phenoxy) is 1. The molecular weight excluding hydrogens is 395 g/mol. The van der Waals surface area contributed by atoms with Crippen LogP contribution in [-0.2, 0) is 5.60 Å². The number of alkyl halides is 3. The molecule has 1 N–H and O–H groups in total. The van der Waals surface area contributed by atoms with E-state index in [1.807, 2.05) is 20.8 Å². The van der Waals surface area contributed by atoms with Gasteiger partial charge in [0.05, 0.1) is 5.69 Å². The van der Waals surface area contributed by atoms with Crippen LogP contribution in [0.4, 0.5) is 13.2 Å². The molecule has 3 aromatic rings. The van der Waals surface area contributed by atoms with Gasteiger partial charge in [-0.2, -0.15) is 0 Å². The summed E-state index contributed by atoms with van der Waals surface area (Å²) in [7, 11) is 0. The van der Waals surface area contributed by atoms with Crippen molar-refractivity contribution in [3.8, 4) is 16.9 Å². The zero-order valence-electron chi connectivity index (χ0n) is 17.0. The second-order valence-electron chi connectivity index (χ2n) is 8.04. The number of nitrogens with zero attached hydrogens (tertiary/aromatic N) is 3. The van der Waals surface area contributed by atoms with Gasteiger partial charge in [0.2, 0.25) is 0 Å². The predicted octanol–water partition coefficient (Wildman–Crippen LogP) is 5.03. The molecule has 30 heavy (non-hydrogen) atoms. The van der Waals surface area contributed by atoms with Crippen LogP contribution in [0.3, 0.4) is 0 Å². The summed E-state index contributed by atoms with van der Waals surface area (Å²) in [6, 6.07) is 7.61. The average Bonchev–Trinajstić information content (AvgIpc) is 2.66. The first-order chi connectivity index (χ1) is 13.9. The minimum absolute atomic E-state index is 0.278. The zero-order chi connectivity index (χ0) is 22.2. The van der Waals surface area contributed by atoms with Crippen LogP contribution in [0.15, 0.2) is 55.2 Å². The SMILES string of the molecule is Cc1cc(OC(F)(F)F)ccc1-c1ccc(C(O)(c2cncnc2)C(C)(C)C)nc1. The lowest BCUT2D eigenvalue weighted by Crippen LogP contribution is -2.42. The number of aryl methyl sites for hydroxylation is 1. The largest absolute Gasteiger partial charge is 0.573 e. The van der Waals surface area contributed by atoms with Crippen molar-refractivity contribution in [3.05, 3.63) is 72.1 Å². The van der Waals surface area contributed by atoms with Crippen LogP contribution in [0.1, 0.15) is 37.6 Å². The monoisotopic (exact) mass is 417 g/mol. The van der Waals surface area contributed by atoms with Gasteiger partial charge in [0.15, 0.2) is 0 Å². The molecule has 0 saturated carbocycles. The lowest BCUT2D eigenvalue weighted by Gasteiger charge is -2.39. The number of benzene rings is 1. The Morgan fingerprint density at radius 1 is 0.933 bits per heavy atom. The van der Waals surface area contributed by atoms with Crippen molar-refractivity contribution in [3.63, 3.8) is 0 Å². The number of hydrogen-bond donors (Lipinski definition) is 1. The molecule has 0 aliphatic rings. The lowest BCUT2D eigenvalue weighted by molar-refractivity contribution is -0.274. The number of pyridine rings is 1. The Labute approximate surface area is 172 Å². The van der Waals surface area contributed by atoms with Gasteiger partial charge in [-0.25, -0.2) is 9.97 Å². The maximum absolute atomic E-state index is 12.4. The van der Waals surface area contributed by atoms with Gasteiger partial charge in [-0.3, -0.25) is 4.98 Å². The summed E-state index contributed by atoms with van der Waals surface area (Å²) in [5.74, 6) is -0.278. The molecule has 2 aromatic heterocycles. The van der Waals surface area contributed by atoms with E-state index in [2.05, 4.69) is 19.7 Å². The highest BCUT2D eigenvalue weighted by Crippen LogP contribution is 2.43. The van der Waals surface area contributed by atoms with Gasteiger partial charge in [-0.05, 0) is 36.2 Å². The number of hydrogen-bond acceptors (Lipinski definition) is 5. The highest BCUT2D eigenvalue weighted by Gasteiger charge is 2.45. The molecule has 0 fully saturated rings. The summed E-state index contributed by atoms with van der Waals surface area (Å²) in [6.45, 7) is 7.36. The number of halogens is 3. The smallest absolute Gasteiger partial charge is 0.406 e. The van der Waals surface area contributed by atoms with Gasteiger partial charge in [-0.15, -0.1) is 13.2 Å². The topological polar surface area (TPSA) is 68.1 Å². The molecule has 1 atom stereocenters. The van der Waals surface area contributed by atoms with Crippen LogP contribution in [0.25, 0.3) is 11.1 Å². The zero-order valence-corrected chi connectivity index (χ0v) is 17.0. The molecule has 1 unspecified atom stereocenters. The third kappa shape index (κ3) is 4.28. The molecule has 0 aliphatic heterocycles. The lowest BCUT2D eigenvalue weighted by atomic mass is 9.70. The van der Waals surface area contributed by atoms with E-state index in [0.717, 1.165) is 0 Å². The maximum Gasteiger partial charge on any atom is 0.573 e. The van der Waals surface area contributed by atoms with Crippen molar-refractivity contribution in [1.29, 1.82) is 0 Å². The van der Waals surface area contributed by atoms with Crippen LogP contribution >= 0.6 is 0 Å². The molecule has 0 amide bonds. The molecule has 1 aromatic carbocycles. The van der Waals surface area contributed by atoms with Crippen molar-refractivity contribution < 1.29 is 23.0 Å². The van der Waals surface area contributed by atoms with Gasteiger partial charge in [0, 0.05) is 35.1 Å². The van der Waals surface area contributed by atoms with Crippen LogP contribution in [-0.4, -0.2) is 26.4 Å². The van der Waals surface area contributed by atoms with E-state index < -0.39 is 17.4 Å². The number of rotatable bonds is 4. The first kappa shape index (κ1) is 21.7. The number of aliphatic hydroxyl groups is 1. The summed E-state index contributed by atoms with van der Waals surface area (Å²) >= 11 is 0. The molecular formula is C22H22F3N3O2. The molecule has 158 valence electrons. The van der Waals surface area contributed by atoms with Crippen LogP contribution in [0.5, 0.6) is 5.75 Å². The molecule has 5 nitrogen and oxygen atoms in total. The molecule has 2 heterocycles. The van der Waals surface area contributed by atoms with E-state index in [1.54, 1.807) is 43.7 Å². The second-order valence-corrected chi connectivity index (χ2v) is 8.04. The molecule has 0 aliphatic carbocycles. The maximum atomic E-state index is 12.4. The highest BCUT2D eigenvalue weighted by molar-refractivity contribution is 5.67. The fraction of sp³-hybridized carbons (Fsp3) is 0.318. The number of aromatic nitrogens is 3. The third-order valence-electron chi connectivity index (χ3n) is 4.94. The van der Waals surface area contributed by atoms with Crippen molar-refractivity contribution in [2.45, 2.75) is 39.7 Å². The van der Waals surface area contributed by atoms with E-state index in [4.69, 9.17) is 0 Å². The normalized spacial score (nSPS) is 14.3. The molecule has 0 bridgehead atoms. The van der Waals surface area contributed by atoms with E-state index in [9.17, 15) is 18.3 Å². The fourth-order valence-corrected chi connectivity index (χ4v) is 3.38. The van der Waals surface area contributed by atoms with Gasteiger partial charge >= 0.3 is 6.36 Å². The van der Waals surface area contributed by atoms with E-state index in [1.165, 1.54) is 18.5 Å². The Morgan fingerprint density at radius 2 is 1.60 bits per heavy atom. The molecule has 0 saturated heterocycles. The Morgan fingerprint density at radius 3 is 2.10 bits per heavy atom. The van der Waals surface area contributed by atoms with E-state index in [-0.39, 0.29) is 5.75 Å². The summed E-state index contributed by atoms with van der Waals surface area (Å²) in [5.41, 5.74) is 0.909. The van der Waals surface area contributed by atoms with E-state index >= 15 is 0 Å². The fourth-order valence-electron chi connectivity index (χ4n) is 3.38. The van der Waals surface area contributed by atoms with Crippen LogP contribution in [0.2, 0.25) is 0 Å². The van der Waals surface area contributed by atoms with E-state index in [0.29, 0.717) is 27.9 Å². The summed E-state index contributed by atoms with van der Waals surface area (Å²) in [4.78, 5) is 12.5. The standard InChI is InChI=1S/C22H22F3N3O2/c1-14-9-17(30-22(23,24)25)6-7-18(14)15-5-8-19(28-10-15)21(29,20(2,3)4)16-11-26-13-27-12-16/h5-13,29H,1-4H3. The minimum atomic E-state index is -4.74. The van der Waals surface area contributed by atoms with Crippen molar-refractivity contribution in [2.75, 3.05) is 0 Å². The van der Waals surface area contributed by atoms with Gasteiger partial charge in [-0.1, -0.05) is 32.9 Å². The van der Waals surface area contributed by atoms with Crippen molar-refractivity contribution in [1.82, 2.24) is 15.0 Å². The predicted molar refractivity (Wildman–Crippen MR) is 106 cm³/mol.